The smallest absolute Gasteiger partial charge is 0.245 e. The largest absolute Gasteiger partial charge is 0.379 e. The number of benzene rings is 4. The SMILES string of the molecule is CC(C)C[C@@H]1NC(=O)[C@H](C)NC(=O)CSC[C@@H](C(=O)NCCOCCOCCOCCOCCC(=O)N[C@@H](CCCCN)C(N)=O)NC(=O)[C@H](C(C)C)NC(=O)[C@H](Cc2c[nH]c3ccccc23)NC(=O)[C@H](C(C)C)NC(=O)[C@H](Cc2ccc(-c3ccccc3)cc2)NC(=O)[C@@H]2CCCN2C(=O)[C@H](CC(C)C)NC(=O)[C@H](C(C)C)NC(=O)[C@H](Cc2ccccc2)N(C)C(=O)[C@H](Cc2c[nH]cn2)NC1=O. The van der Waals surface area contributed by atoms with Crippen molar-refractivity contribution in [1.82, 2.24) is 88.6 Å². The Balaban J connectivity index is 1.08. The second kappa shape index (κ2) is 57.3. The van der Waals surface area contributed by atoms with E-state index < -0.39 is 179 Å². The molecular weight excluding hydrogens is 1790 g/mol. The lowest BCUT2D eigenvalue weighted by molar-refractivity contribution is -0.144. The maximum Gasteiger partial charge on any atom is 0.245 e. The van der Waals surface area contributed by atoms with Gasteiger partial charge in [-0.15, -0.1) is 11.8 Å². The molecule has 754 valence electrons. The zero-order chi connectivity index (χ0) is 100. The first kappa shape index (κ1) is 111. The predicted molar refractivity (Wildman–Crippen MR) is 522 cm³/mol. The van der Waals surface area contributed by atoms with Crippen LogP contribution in [0, 0.1) is 29.6 Å². The molecule has 4 heterocycles. The van der Waals surface area contributed by atoms with Crippen LogP contribution in [0.25, 0.3) is 22.0 Å². The van der Waals surface area contributed by atoms with Crippen molar-refractivity contribution in [3.63, 3.8) is 0 Å². The number of rotatable bonds is 38. The Hall–Kier alpha value is -12.2. The van der Waals surface area contributed by atoms with Crippen LogP contribution in [-0.2, 0) is 117 Å². The number of fused-ring (bicyclic) bond motifs is 2. The summed E-state index contributed by atoms with van der Waals surface area (Å²) in [5.41, 5.74) is 15.6. The lowest BCUT2D eigenvalue weighted by atomic mass is 9.97. The second-order valence-corrected chi connectivity index (χ2v) is 37.9. The number of H-pyrrole nitrogens is 2. The molecule has 0 spiro atoms. The summed E-state index contributed by atoms with van der Waals surface area (Å²) in [6, 6.07) is 16.0. The van der Waals surface area contributed by atoms with Crippen LogP contribution in [0.15, 0.2) is 128 Å². The summed E-state index contributed by atoms with van der Waals surface area (Å²) >= 11 is 0.917. The summed E-state index contributed by atoms with van der Waals surface area (Å²) in [7, 11) is 1.39. The van der Waals surface area contributed by atoms with Crippen molar-refractivity contribution in [3.05, 3.63) is 150 Å². The molecule has 6 aromatic rings. The highest BCUT2D eigenvalue weighted by Gasteiger charge is 2.44. The van der Waals surface area contributed by atoms with Crippen molar-refractivity contribution < 1.29 is 90.9 Å². The lowest BCUT2D eigenvalue weighted by Crippen LogP contribution is -2.62. The van der Waals surface area contributed by atoms with Crippen LogP contribution in [0.4, 0.5) is 0 Å². The van der Waals surface area contributed by atoms with Crippen LogP contribution in [0.5, 0.6) is 0 Å². The Labute approximate surface area is 811 Å². The summed E-state index contributed by atoms with van der Waals surface area (Å²) in [5.74, 6) is -14.0. The zero-order valence-electron chi connectivity index (χ0n) is 81.4. The number of primary amides is 1. The molecular formula is C99H143N19O19S. The van der Waals surface area contributed by atoms with Crippen molar-refractivity contribution in [2.24, 2.45) is 41.1 Å². The average molecular weight is 1940 g/mol. The number of nitrogens with two attached hydrogens (primary N) is 2. The van der Waals surface area contributed by atoms with E-state index in [0.717, 1.165) is 22.9 Å². The molecule has 0 radical (unpaired) electrons. The van der Waals surface area contributed by atoms with Gasteiger partial charge in [0, 0.05) is 81.3 Å². The van der Waals surface area contributed by atoms with E-state index in [1.165, 1.54) is 36.3 Å². The second-order valence-electron chi connectivity index (χ2n) is 36.9. The summed E-state index contributed by atoms with van der Waals surface area (Å²) < 4.78 is 22.5. The monoisotopic (exact) mass is 1930 g/mol. The lowest BCUT2D eigenvalue weighted by Gasteiger charge is -2.34. The van der Waals surface area contributed by atoms with Crippen LogP contribution < -0.4 is 75.3 Å². The first-order valence-corrected chi connectivity index (χ1v) is 48.9. The number of aromatic nitrogens is 3. The third-order valence-electron chi connectivity index (χ3n) is 23.8. The quantitative estimate of drug-likeness (QED) is 0.0248. The van der Waals surface area contributed by atoms with E-state index in [9.17, 15) is 28.8 Å². The Morgan fingerprint density at radius 3 is 1.63 bits per heavy atom. The highest BCUT2D eigenvalue weighted by molar-refractivity contribution is 8.00. The number of amides is 15. The maximum absolute atomic E-state index is 15.5. The molecule has 38 nitrogen and oxygen atoms in total. The van der Waals surface area contributed by atoms with Gasteiger partial charge in [0.05, 0.1) is 70.6 Å². The summed E-state index contributed by atoms with van der Waals surface area (Å²) in [6.45, 7) is 20.4. The number of imidazole rings is 1. The molecule has 2 aliphatic rings. The van der Waals surface area contributed by atoms with Gasteiger partial charge in [-0.25, -0.2) is 4.98 Å². The molecule has 15 amide bonds. The fraction of sp³-hybridized carbons (Fsp3) is 0.556. The molecule has 2 saturated heterocycles. The molecule has 13 atom stereocenters. The van der Waals surface area contributed by atoms with Gasteiger partial charge in [0.1, 0.15) is 78.5 Å². The number of para-hydroxylation sites is 1. The number of likely N-dealkylation sites (N-methyl/N-ethyl adjacent to an activating group) is 1. The predicted octanol–water partition coefficient (Wildman–Crippen LogP) is 2.99. The van der Waals surface area contributed by atoms with Crippen molar-refractivity contribution >= 4 is 111 Å². The molecule has 4 aromatic carbocycles. The van der Waals surface area contributed by atoms with Gasteiger partial charge in [-0.1, -0.05) is 172 Å². The van der Waals surface area contributed by atoms with E-state index in [4.69, 9.17) is 30.4 Å². The minimum atomic E-state index is -1.47. The number of nitrogens with zero attached hydrogens (tertiary/aromatic N) is 3. The first-order valence-electron chi connectivity index (χ1n) is 47.8. The van der Waals surface area contributed by atoms with E-state index in [2.05, 4.69) is 78.8 Å². The van der Waals surface area contributed by atoms with E-state index >= 15 is 43.2 Å². The van der Waals surface area contributed by atoms with Gasteiger partial charge < -0.3 is 114 Å². The van der Waals surface area contributed by atoms with Gasteiger partial charge >= 0.3 is 0 Å². The van der Waals surface area contributed by atoms with Crippen molar-refractivity contribution in [2.45, 2.75) is 232 Å². The summed E-state index contributed by atoms with van der Waals surface area (Å²) in [6.07, 6.45) is 6.36. The Bertz CT molecular complexity index is 4950. The number of unbranched alkanes of at least 4 members (excludes halogenated alkanes) is 1. The topological polar surface area (TPSA) is 540 Å². The number of ether oxygens (including phenoxy) is 4. The Morgan fingerprint density at radius 2 is 1.04 bits per heavy atom. The molecule has 39 heteroatoms. The van der Waals surface area contributed by atoms with Crippen LogP contribution in [0.2, 0.25) is 0 Å². The number of thioether (sulfide) groups is 1. The molecule has 2 fully saturated rings. The fourth-order valence-corrected chi connectivity index (χ4v) is 17.0. The number of carbonyl (C=O) groups is 15. The summed E-state index contributed by atoms with van der Waals surface area (Å²) in [5, 5.41) is 34.6. The van der Waals surface area contributed by atoms with Gasteiger partial charge in [0.2, 0.25) is 88.6 Å². The summed E-state index contributed by atoms with van der Waals surface area (Å²) in [4.78, 5) is 233. The average Bonchev–Trinajstić information content (AvgIpc) is 1.58. The molecule has 18 N–H and O–H groups in total. The minimum Gasteiger partial charge on any atom is -0.379 e. The standard InChI is InChI=1S/C99H143N19O19S/c1-59(2)48-74-90(124)111-78(53-70-55-102-58-105-70)98(132)117(12)81(51-65-24-15-13-16-25-65)94(128)116-86(63(9)10)96(130)112-77(49-60(3)4)99(133)118-39-23-31-80(118)93(127)109-75(50-66-32-34-68(35-33-66)67-26-17-14-18-27-67)91(125)114-84(61(5)6)95(129)110-76(52-69-54-104-72-29-20-19-28-71(69)72)92(126)115-85(62(7)8)97(131)113-79(56-138-57-83(120)106-64(11)88(122)108-74)89(123)103-38-41-135-43-45-137-47-46-136-44-42-134-40-36-82(119)107-73(87(101)121)30-21-22-37-100/h13-20,24-29,32-35,54-55,58-64,73-81,84-86,104H,21-23,30-31,36-53,56-57,100H2,1-12H3,(H2,101,121)(H,102,105)(H,103,123)(H,106,120)(H,107,119)(H,108,122)(H,109,127)(H,110,129)(H,111,124)(H,112,130)(H,113,131)(H,114,125)(H,115,126)(H,116,128)/t64-,73-,74-,75-,76-,77-,78-,79-,80-,81-,84-,85-,86-/m0/s1. The van der Waals surface area contributed by atoms with Crippen LogP contribution in [0.3, 0.4) is 0 Å². The van der Waals surface area contributed by atoms with Crippen LogP contribution in [-0.4, -0.2) is 283 Å². The highest BCUT2D eigenvalue weighted by Crippen LogP contribution is 2.26. The van der Waals surface area contributed by atoms with Crippen molar-refractivity contribution in [3.8, 4) is 11.1 Å². The van der Waals surface area contributed by atoms with Gasteiger partial charge in [-0.05, 0) is 122 Å². The van der Waals surface area contributed by atoms with Gasteiger partial charge in [-0.3, -0.25) is 71.9 Å². The molecule has 8 rings (SSSR count). The van der Waals surface area contributed by atoms with Gasteiger partial charge in [0.25, 0.3) is 0 Å². The van der Waals surface area contributed by atoms with Crippen LogP contribution >= 0.6 is 11.8 Å². The number of hydrogen-bond acceptors (Lipinski definition) is 22. The number of hydrogen-bond donors (Lipinski definition) is 16. The van der Waals surface area contributed by atoms with Crippen molar-refractivity contribution in [1.29, 1.82) is 0 Å². The van der Waals surface area contributed by atoms with Crippen LogP contribution in [0.1, 0.15) is 150 Å². The highest BCUT2D eigenvalue weighted by atomic mass is 32.2. The number of carbonyl (C=O) groups excluding carboxylic acids is 15. The van der Waals surface area contributed by atoms with Gasteiger partial charge in [-0.2, -0.15) is 0 Å². The van der Waals surface area contributed by atoms with E-state index in [0.29, 0.717) is 65.5 Å². The zero-order valence-corrected chi connectivity index (χ0v) is 82.2. The molecule has 0 bridgehead atoms. The Morgan fingerprint density at radius 1 is 0.514 bits per heavy atom. The molecule has 0 saturated carbocycles. The van der Waals surface area contributed by atoms with E-state index in [1.807, 2.05) is 100 Å². The van der Waals surface area contributed by atoms with Gasteiger partial charge in [0.15, 0.2) is 0 Å². The molecule has 138 heavy (non-hydrogen) atoms. The first-order chi connectivity index (χ1) is 66.0. The molecule has 2 aromatic heterocycles. The fourth-order valence-electron chi connectivity index (χ4n) is 16.1. The third kappa shape index (κ3) is 36.0. The number of nitrogens with one attached hydrogen (secondary N) is 14. The Kier molecular flexibility index (Phi) is 46.1. The van der Waals surface area contributed by atoms with E-state index in [-0.39, 0.29) is 147 Å². The normalized spacial score (nSPS) is 22.2. The van der Waals surface area contributed by atoms with E-state index in [1.54, 1.807) is 84.1 Å². The minimum absolute atomic E-state index is 0.0166. The number of aromatic amines is 2. The third-order valence-corrected chi connectivity index (χ3v) is 24.8. The molecule has 0 aliphatic carbocycles. The van der Waals surface area contributed by atoms with Crippen molar-refractivity contribution in [2.75, 3.05) is 91.0 Å². The molecule has 0 unspecified atom stereocenters. The maximum atomic E-state index is 15.5. The molecule has 2 aliphatic heterocycles.